The van der Waals surface area contributed by atoms with Gasteiger partial charge in [0.1, 0.15) is 17.0 Å². The molecule has 5 nitrogen and oxygen atoms in total. The van der Waals surface area contributed by atoms with Crippen molar-refractivity contribution in [1.29, 1.82) is 0 Å². The molecule has 3 heterocycles. The summed E-state index contributed by atoms with van der Waals surface area (Å²) >= 11 is 1.78. The zero-order valence-electron chi connectivity index (χ0n) is 12.2. The van der Waals surface area contributed by atoms with E-state index in [0.29, 0.717) is 0 Å². The zero-order valence-corrected chi connectivity index (χ0v) is 13.0. The molecule has 3 rings (SSSR count). The minimum absolute atomic E-state index is 0.915. The first-order valence-electron chi connectivity index (χ1n) is 7.18. The van der Waals surface area contributed by atoms with Crippen LogP contribution in [0.4, 0.5) is 11.5 Å². The summed E-state index contributed by atoms with van der Waals surface area (Å²) in [5, 5.41) is 1.01. The van der Waals surface area contributed by atoms with Crippen LogP contribution in [0.1, 0.15) is 19.3 Å². The molecule has 108 valence electrons. The lowest BCUT2D eigenvalue weighted by Gasteiger charge is -2.28. The number of rotatable bonds is 3. The fourth-order valence-corrected chi connectivity index (χ4v) is 3.54. The third kappa shape index (κ3) is 2.96. The number of aliphatic imine (C=N–C) groups is 1. The van der Waals surface area contributed by atoms with E-state index in [9.17, 15) is 0 Å². The quantitative estimate of drug-likeness (QED) is 0.799. The summed E-state index contributed by atoms with van der Waals surface area (Å²) in [4.78, 5) is 18.1. The van der Waals surface area contributed by atoms with Gasteiger partial charge in [-0.2, -0.15) is 0 Å². The molecule has 0 aliphatic carbocycles. The van der Waals surface area contributed by atoms with Gasteiger partial charge in [-0.15, -0.1) is 0 Å². The van der Waals surface area contributed by atoms with Crippen LogP contribution < -0.4 is 4.90 Å². The maximum atomic E-state index is 4.85. The number of fused-ring (bicyclic) bond motifs is 1. The van der Waals surface area contributed by atoms with Crippen LogP contribution in [0.15, 0.2) is 16.3 Å². The fraction of sp³-hybridized carbons (Fsp3) is 0.643. The van der Waals surface area contributed by atoms with Gasteiger partial charge in [-0.25, -0.2) is 15.0 Å². The van der Waals surface area contributed by atoms with Gasteiger partial charge in [-0.1, -0.05) is 18.2 Å². The molecular formula is C14H21N5S. The SMILES string of the molecule is CN(C)c1ncnc2c1N=C(CN1CCCCC1)CS2. The molecule has 6 heteroatoms. The van der Waals surface area contributed by atoms with E-state index in [1.54, 1.807) is 18.1 Å². The first kappa shape index (κ1) is 13.8. The Labute approximate surface area is 124 Å². The van der Waals surface area contributed by atoms with Gasteiger partial charge in [0.15, 0.2) is 5.82 Å². The van der Waals surface area contributed by atoms with Crippen molar-refractivity contribution in [2.45, 2.75) is 24.3 Å². The number of anilines is 1. The Bertz CT molecular complexity index is 508. The molecule has 0 atom stereocenters. The summed E-state index contributed by atoms with van der Waals surface area (Å²) in [6.07, 6.45) is 5.65. The van der Waals surface area contributed by atoms with E-state index in [-0.39, 0.29) is 0 Å². The number of likely N-dealkylation sites (tertiary alicyclic amines) is 1. The Morgan fingerprint density at radius 1 is 1.20 bits per heavy atom. The largest absolute Gasteiger partial charge is 0.361 e. The fourth-order valence-electron chi connectivity index (χ4n) is 2.68. The predicted molar refractivity (Wildman–Crippen MR) is 84.5 cm³/mol. The van der Waals surface area contributed by atoms with Gasteiger partial charge in [0.2, 0.25) is 0 Å². The van der Waals surface area contributed by atoms with E-state index in [1.807, 2.05) is 19.0 Å². The molecule has 0 aromatic carbocycles. The highest BCUT2D eigenvalue weighted by molar-refractivity contribution is 8.00. The van der Waals surface area contributed by atoms with Gasteiger partial charge >= 0.3 is 0 Å². The van der Waals surface area contributed by atoms with E-state index in [4.69, 9.17) is 4.99 Å². The molecule has 20 heavy (non-hydrogen) atoms. The average molecular weight is 291 g/mol. The lowest BCUT2D eigenvalue weighted by atomic mass is 10.1. The molecule has 1 fully saturated rings. The molecule has 0 N–H and O–H groups in total. The number of nitrogens with zero attached hydrogens (tertiary/aromatic N) is 5. The van der Waals surface area contributed by atoms with Crippen LogP contribution in [0, 0.1) is 0 Å². The second-order valence-corrected chi connectivity index (χ2v) is 6.51. The summed E-state index contributed by atoms with van der Waals surface area (Å²) in [6.45, 7) is 3.42. The van der Waals surface area contributed by atoms with Crippen molar-refractivity contribution in [2.24, 2.45) is 4.99 Å². The molecule has 0 saturated carbocycles. The number of aromatic nitrogens is 2. The van der Waals surface area contributed by atoms with Crippen molar-refractivity contribution in [2.75, 3.05) is 44.4 Å². The van der Waals surface area contributed by atoms with Crippen LogP contribution in [0.25, 0.3) is 0 Å². The zero-order chi connectivity index (χ0) is 13.9. The number of thioether (sulfide) groups is 1. The van der Waals surface area contributed by atoms with Crippen LogP contribution >= 0.6 is 11.8 Å². The normalized spacial score (nSPS) is 19.4. The summed E-state index contributed by atoms with van der Waals surface area (Å²) in [6, 6.07) is 0. The molecule has 1 aromatic heterocycles. The Kier molecular flexibility index (Phi) is 4.21. The van der Waals surface area contributed by atoms with E-state index >= 15 is 0 Å². The van der Waals surface area contributed by atoms with Crippen LogP contribution in [0.5, 0.6) is 0 Å². The first-order chi connectivity index (χ1) is 9.74. The summed E-state index contributed by atoms with van der Waals surface area (Å²) in [5.74, 6) is 1.87. The summed E-state index contributed by atoms with van der Waals surface area (Å²) in [7, 11) is 4.00. The van der Waals surface area contributed by atoms with Crippen LogP contribution in [0.2, 0.25) is 0 Å². The Balaban J connectivity index is 1.81. The van der Waals surface area contributed by atoms with Crippen LogP contribution in [-0.4, -0.2) is 60.1 Å². The van der Waals surface area contributed by atoms with Gasteiger partial charge in [0, 0.05) is 32.1 Å². The van der Waals surface area contributed by atoms with Crippen LogP contribution in [-0.2, 0) is 0 Å². The van der Waals surface area contributed by atoms with E-state index in [0.717, 1.165) is 28.8 Å². The average Bonchev–Trinajstić information content (AvgIpc) is 2.47. The van der Waals surface area contributed by atoms with Gasteiger partial charge in [-0.3, -0.25) is 4.90 Å². The van der Waals surface area contributed by atoms with Gasteiger partial charge in [0.25, 0.3) is 0 Å². The van der Waals surface area contributed by atoms with Crippen molar-refractivity contribution < 1.29 is 0 Å². The van der Waals surface area contributed by atoms with Crippen molar-refractivity contribution in [1.82, 2.24) is 14.9 Å². The van der Waals surface area contributed by atoms with Gasteiger partial charge < -0.3 is 4.90 Å². The van der Waals surface area contributed by atoms with Gasteiger partial charge in [0.05, 0.1) is 0 Å². The molecule has 0 amide bonds. The predicted octanol–water partition coefficient (Wildman–Crippen LogP) is 2.21. The molecule has 2 aliphatic heterocycles. The Morgan fingerprint density at radius 2 is 2.00 bits per heavy atom. The van der Waals surface area contributed by atoms with E-state index in [1.165, 1.54) is 38.1 Å². The standard InChI is InChI=1S/C14H21N5S/c1-18(2)13-12-14(16-10-15-13)20-9-11(17-12)8-19-6-4-3-5-7-19/h10H,3-9H2,1-2H3. The third-order valence-corrected chi connectivity index (χ3v) is 4.74. The highest BCUT2D eigenvalue weighted by Crippen LogP contribution is 2.37. The number of hydrogen-bond donors (Lipinski definition) is 0. The Morgan fingerprint density at radius 3 is 2.75 bits per heavy atom. The molecule has 1 saturated heterocycles. The second-order valence-electron chi connectivity index (χ2n) is 5.55. The monoisotopic (exact) mass is 291 g/mol. The maximum Gasteiger partial charge on any atom is 0.158 e. The number of piperidine rings is 1. The topological polar surface area (TPSA) is 44.6 Å². The smallest absolute Gasteiger partial charge is 0.158 e. The minimum Gasteiger partial charge on any atom is -0.361 e. The second kappa shape index (κ2) is 6.10. The molecule has 0 spiro atoms. The van der Waals surface area contributed by atoms with Crippen molar-refractivity contribution in [3.05, 3.63) is 6.33 Å². The van der Waals surface area contributed by atoms with Crippen molar-refractivity contribution in [3.63, 3.8) is 0 Å². The summed E-state index contributed by atoms with van der Waals surface area (Å²) in [5.41, 5.74) is 2.20. The molecular weight excluding hydrogens is 270 g/mol. The van der Waals surface area contributed by atoms with E-state index in [2.05, 4.69) is 14.9 Å². The van der Waals surface area contributed by atoms with Crippen LogP contribution in [0.3, 0.4) is 0 Å². The lowest BCUT2D eigenvalue weighted by Crippen LogP contribution is -2.35. The highest BCUT2D eigenvalue weighted by Gasteiger charge is 2.21. The van der Waals surface area contributed by atoms with Crippen molar-refractivity contribution >= 4 is 29.0 Å². The maximum absolute atomic E-state index is 4.85. The third-order valence-electron chi connectivity index (χ3n) is 3.69. The van der Waals surface area contributed by atoms with Gasteiger partial charge in [-0.05, 0) is 25.9 Å². The van der Waals surface area contributed by atoms with Crippen molar-refractivity contribution in [3.8, 4) is 0 Å². The van der Waals surface area contributed by atoms with E-state index < -0.39 is 0 Å². The lowest BCUT2D eigenvalue weighted by molar-refractivity contribution is 0.258. The molecule has 0 unspecified atom stereocenters. The Hall–Kier alpha value is -1.14. The summed E-state index contributed by atoms with van der Waals surface area (Å²) < 4.78 is 0. The molecule has 1 aromatic rings. The first-order valence-corrected chi connectivity index (χ1v) is 8.16. The highest BCUT2D eigenvalue weighted by atomic mass is 32.2. The molecule has 2 aliphatic rings. The molecule has 0 bridgehead atoms. The minimum atomic E-state index is 0.915. The molecule has 0 radical (unpaired) electrons. The number of hydrogen-bond acceptors (Lipinski definition) is 6.